The fraction of sp³-hybridized carbons (Fsp3) is 0.333. The van der Waals surface area contributed by atoms with E-state index in [4.69, 9.17) is 4.74 Å². The van der Waals surface area contributed by atoms with Crippen LogP contribution in [0.4, 0.5) is 17.2 Å². The summed E-state index contributed by atoms with van der Waals surface area (Å²) in [6.07, 6.45) is 3.62. The molecule has 3 aromatic rings. The van der Waals surface area contributed by atoms with Gasteiger partial charge in [-0.05, 0) is 18.6 Å². The molecule has 0 spiro atoms. The third kappa shape index (κ3) is 6.26. The lowest BCUT2D eigenvalue weighted by atomic mass is 10.1. The maximum Gasteiger partial charge on any atom is 0.253 e. The van der Waals surface area contributed by atoms with Crippen LogP contribution < -0.4 is 21.1 Å². The molecule has 7 nitrogen and oxygen atoms in total. The van der Waals surface area contributed by atoms with Gasteiger partial charge in [-0.15, -0.1) is 0 Å². The number of benzene rings is 1. The van der Waals surface area contributed by atoms with Crippen LogP contribution in [0.15, 0.2) is 66.2 Å². The Hall–Kier alpha value is -3.58. The SMILES string of the molecule is C=C(Nc1cnc(N2CCOCC2)cc1NCc1ccccc1)c1cc(C)c(=O)n(C)c1.CC.[HH]. The number of rotatable bonds is 7. The monoisotopic (exact) mass is 463 g/mol. The van der Waals surface area contributed by atoms with E-state index in [1.54, 1.807) is 17.8 Å². The van der Waals surface area contributed by atoms with Crippen molar-refractivity contribution in [3.63, 3.8) is 0 Å². The molecule has 0 unspecified atom stereocenters. The fourth-order valence-corrected chi connectivity index (χ4v) is 3.73. The smallest absolute Gasteiger partial charge is 0.253 e. The molecular weight excluding hydrogens is 426 g/mol. The molecule has 0 atom stereocenters. The zero-order chi connectivity index (χ0) is 24.5. The van der Waals surface area contributed by atoms with Crippen LogP contribution >= 0.6 is 0 Å². The summed E-state index contributed by atoms with van der Waals surface area (Å²) in [4.78, 5) is 19.0. The molecule has 1 saturated heterocycles. The summed E-state index contributed by atoms with van der Waals surface area (Å²) in [5.74, 6) is 0.915. The number of hydrogen-bond donors (Lipinski definition) is 2. The van der Waals surface area contributed by atoms with Crippen molar-refractivity contribution in [2.24, 2.45) is 7.05 Å². The Kier molecular flexibility index (Phi) is 8.87. The third-order valence-electron chi connectivity index (χ3n) is 5.55. The summed E-state index contributed by atoms with van der Waals surface area (Å²) in [5, 5.41) is 6.93. The molecule has 2 aromatic heterocycles. The van der Waals surface area contributed by atoms with Crippen molar-refractivity contribution in [3.8, 4) is 0 Å². The van der Waals surface area contributed by atoms with Crippen LogP contribution in [-0.2, 0) is 18.3 Å². The molecule has 0 saturated carbocycles. The van der Waals surface area contributed by atoms with Crippen molar-refractivity contribution >= 4 is 22.9 Å². The molecule has 0 radical (unpaired) electrons. The fourth-order valence-electron chi connectivity index (χ4n) is 3.73. The normalized spacial score (nSPS) is 13.0. The van der Waals surface area contributed by atoms with Gasteiger partial charge in [0, 0.05) is 57.2 Å². The van der Waals surface area contributed by atoms with Crippen molar-refractivity contribution in [3.05, 3.63) is 88.5 Å². The number of morpholine rings is 1. The first-order chi connectivity index (χ1) is 16.5. The molecule has 1 aliphatic heterocycles. The van der Waals surface area contributed by atoms with E-state index in [9.17, 15) is 4.79 Å². The van der Waals surface area contributed by atoms with Crippen LogP contribution in [0, 0.1) is 6.92 Å². The van der Waals surface area contributed by atoms with Crippen LogP contribution in [0.25, 0.3) is 5.70 Å². The van der Waals surface area contributed by atoms with Gasteiger partial charge >= 0.3 is 0 Å². The Morgan fingerprint density at radius 2 is 1.85 bits per heavy atom. The third-order valence-corrected chi connectivity index (χ3v) is 5.55. The van der Waals surface area contributed by atoms with Crippen LogP contribution in [0.5, 0.6) is 0 Å². The minimum atomic E-state index is -0.0108. The number of anilines is 3. The summed E-state index contributed by atoms with van der Waals surface area (Å²) >= 11 is 0. The largest absolute Gasteiger partial charge is 0.379 e. The van der Waals surface area contributed by atoms with Gasteiger partial charge in [-0.25, -0.2) is 4.98 Å². The molecule has 1 aromatic carbocycles. The van der Waals surface area contributed by atoms with Crippen LogP contribution in [0.2, 0.25) is 0 Å². The highest BCUT2D eigenvalue weighted by Gasteiger charge is 2.15. The summed E-state index contributed by atoms with van der Waals surface area (Å²) < 4.78 is 7.05. The van der Waals surface area contributed by atoms with E-state index in [2.05, 4.69) is 45.3 Å². The molecule has 34 heavy (non-hydrogen) atoms. The number of hydrogen-bond acceptors (Lipinski definition) is 6. The van der Waals surface area contributed by atoms with Gasteiger partial charge in [-0.2, -0.15) is 0 Å². The Balaban J connectivity index is 0.00000140. The predicted octanol–water partition coefficient (Wildman–Crippen LogP) is 4.89. The van der Waals surface area contributed by atoms with E-state index < -0.39 is 0 Å². The molecule has 1 aliphatic rings. The highest BCUT2D eigenvalue weighted by atomic mass is 16.5. The van der Waals surface area contributed by atoms with Gasteiger partial charge in [0.05, 0.1) is 30.8 Å². The second-order valence-corrected chi connectivity index (χ2v) is 7.96. The van der Waals surface area contributed by atoms with Crippen molar-refractivity contribution in [2.45, 2.75) is 27.3 Å². The summed E-state index contributed by atoms with van der Waals surface area (Å²) in [6, 6.07) is 14.2. The van der Waals surface area contributed by atoms with Crippen molar-refractivity contribution in [2.75, 3.05) is 41.8 Å². The molecule has 0 amide bonds. The topological polar surface area (TPSA) is 71.4 Å². The highest BCUT2D eigenvalue weighted by molar-refractivity contribution is 5.82. The lowest BCUT2D eigenvalue weighted by Gasteiger charge is -2.28. The molecule has 4 rings (SSSR count). The van der Waals surface area contributed by atoms with Crippen molar-refractivity contribution in [1.82, 2.24) is 9.55 Å². The molecular formula is C27H37N5O2. The number of pyridine rings is 2. The van der Waals surface area contributed by atoms with Gasteiger partial charge in [-0.1, -0.05) is 50.8 Å². The molecule has 1 fully saturated rings. The Labute approximate surface area is 203 Å². The average molecular weight is 464 g/mol. The Morgan fingerprint density at radius 3 is 2.53 bits per heavy atom. The maximum absolute atomic E-state index is 12.0. The van der Waals surface area contributed by atoms with Gasteiger partial charge in [0.15, 0.2) is 0 Å². The van der Waals surface area contributed by atoms with Crippen LogP contribution in [0.1, 0.15) is 32.0 Å². The standard InChI is InChI=1S/C25H29N5O2.C2H6.H2/c1-18-13-21(17-29(3)25(18)31)19(2)28-23-16-27-24(30-9-11-32-12-10-30)14-22(23)26-15-20-7-5-4-6-8-20;1-2;/h4-8,13-14,16-17,28H,2,9-12,15H2,1,3H3,(H,26,27);1-2H3;1H. The molecule has 182 valence electrons. The van der Waals surface area contributed by atoms with Gasteiger partial charge in [0.1, 0.15) is 5.82 Å². The quantitative estimate of drug-likeness (QED) is 0.520. The summed E-state index contributed by atoms with van der Waals surface area (Å²) in [5.41, 5.74) is 5.18. The zero-order valence-electron chi connectivity index (χ0n) is 20.6. The average Bonchev–Trinajstić information content (AvgIpc) is 2.88. The van der Waals surface area contributed by atoms with Gasteiger partial charge in [0.25, 0.3) is 5.56 Å². The number of aryl methyl sites for hydroxylation is 2. The number of aromatic nitrogens is 2. The van der Waals surface area contributed by atoms with Crippen molar-refractivity contribution in [1.29, 1.82) is 0 Å². The summed E-state index contributed by atoms with van der Waals surface area (Å²) in [7, 11) is 1.75. The van der Waals surface area contributed by atoms with Gasteiger partial charge in [0.2, 0.25) is 0 Å². The molecule has 3 heterocycles. The Morgan fingerprint density at radius 1 is 1.15 bits per heavy atom. The maximum atomic E-state index is 12.0. The highest BCUT2D eigenvalue weighted by Crippen LogP contribution is 2.29. The molecule has 0 aliphatic carbocycles. The lowest BCUT2D eigenvalue weighted by Crippen LogP contribution is -2.36. The zero-order valence-corrected chi connectivity index (χ0v) is 20.6. The Bertz CT molecular complexity index is 1130. The number of nitrogens with one attached hydrogen (secondary N) is 2. The van der Waals surface area contributed by atoms with E-state index in [1.807, 2.05) is 51.2 Å². The molecule has 0 bridgehead atoms. The van der Waals surface area contributed by atoms with E-state index in [0.717, 1.165) is 35.8 Å². The minimum Gasteiger partial charge on any atom is -0.379 e. The van der Waals surface area contributed by atoms with E-state index in [-0.39, 0.29) is 6.99 Å². The molecule has 2 N–H and O–H groups in total. The van der Waals surface area contributed by atoms with Crippen molar-refractivity contribution < 1.29 is 6.16 Å². The number of nitrogens with zero attached hydrogens (tertiary/aromatic N) is 3. The predicted molar refractivity (Wildman–Crippen MR) is 144 cm³/mol. The first-order valence-electron chi connectivity index (χ1n) is 11.8. The second-order valence-electron chi connectivity index (χ2n) is 7.96. The minimum absolute atomic E-state index is 0. The van der Waals surface area contributed by atoms with Crippen LogP contribution in [-0.4, -0.2) is 35.9 Å². The van der Waals surface area contributed by atoms with E-state index in [0.29, 0.717) is 31.0 Å². The van der Waals surface area contributed by atoms with E-state index in [1.165, 1.54) is 5.56 Å². The first kappa shape index (κ1) is 25.1. The molecule has 7 heteroatoms. The first-order valence-corrected chi connectivity index (χ1v) is 11.8. The number of ether oxygens (including phenoxy) is 1. The second kappa shape index (κ2) is 12.0. The van der Waals surface area contributed by atoms with E-state index >= 15 is 0 Å². The van der Waals surface area contributed by atoms with Crippen LogP contribution in [0.3, 0.4) is 0 Å². The van der Waals surface area contributed by atoms with Gasteiger partial charge < -0.3 is 24.8 Å². The summed E-state index contributed by atoms with van der Waals surface area (Å²) in [6.45, 7) is 13.7. The van der Waals surface area contributed by atoms with Gasteiger partial charge in [-0.3, -0.25) is 4.79 Å². The lowest BCUT2D eigenvalue weighted by molar-refractivity contribution is 0.122.